The van der Waals surface area contributed by atoms with E-state index in [9.17, 15) is 19.8 Å². The fourth-order valence-electron chi connectivity index (χ4n) is 8.39. The van der Waals surface area contributed by atoms with E-state index in [-0.39, 0.29) is 24.9 Å². The topological polar surface area (TPSA) is 95.9 Å². The number of aliphatic hydroxyl groups is 2. The van der Waals surface area contributed by atoms with E-state index >= 15 is 0 Å². The third kappa shape index (κ3) is 49.5. The molecule has 3 atom stereocenters. The molecule has 0 aromatic carbocycles. The summed E-state index contributed by atoms with van der Waals surface area (Å²) >= 11 is 0. The minimum absolute atomic E-state index is 0.0495. The number of esters is 1. The highest BCUT2D eigenvalue weighted by atomic mass is 16.5. The highest BCUT2D eigenvalue weighted by molar-refractivity contribution is 5.77. The average molecular weight is 949 g/mol. The van der Waals surface area contributed by atoms with Gasteiger partial charge in [0.25, 0.3) is 0 Å². The Morgan fingerprint density at radius 2 is 0.809 bits per heavy atom. The van der Waals surface area contributed by atoms with Crippen LogP contribution in [0.5, 0.6) is 0 Å². The lowest BCUT2D eigenvalue weighted by Crippen LogP contribution is -2.46. The van der Waals surface area contributed by atoms with Gasteiger partial charge in [-0.15, -0.1) is 0 Å². The first-order valence-corrected chi connectivity index (χ1v) is 28.9. The van der Waals surface area contributed by atoms with Crippen LogP contribution in [0.25, 0.3) is 0 Å². The molecule has 0 fully saturated rings. The molecule has 0 aliphatic carbocycles. The quantitative estimate of drug-likeness (QED) is 0.0244. The lowest BCUT2D eigenvalue weighted by atomic mass is 10.0. The summed E-state index contributed by atoms with van der Waals surface area (Å²) in [4.78, 5) is 26.3. The maximum absolute atomic E-state index is 13.3. The van der Waals surface area contributed by atoms with Gasteiger partial charge in [-0.05, 0) is 89.9 Å². The van der Waals surface area contributed by atoms with Crippen LogP contribution in [0, 0.1) is 0 Å². The van der Waals surface area contributed by atoms with Gasteiger partial charge in [0.05, 0.1) is 25.2 Å². The predicted molar refractivity (Wildman–Crippen MR) is 296 cm³/mol. The monoisotopic (exact) mass is 948 g/mol. The number of carbonyl (C=O) groups is 2. The summed E-state index contributed by atoms with van der Waals surface area (Å²) in [6, 6.07) is -0.719. The van der Waals surface area contributed by atoms with Gasteiger partial charge in [-0.3, -0.25) is 9.59 Å². The molecule has 6 nitrogen and oxygen atoms in total. The van der Waals surface area contributed by atoms with E-state index in [0.717, 1.165) is 109 Å². The zero-order valence-corrected chi connectivity index (χ0v) is 44.7. The van der Waals surface area contributed by atoms with Crippen molar-refractivity contribution in [2.24, 2.45) is 0 Å². The fraction of sp³-hybridized carbons (Fsp3) is 0.742. The van der Waals surface area contributed by atoms with Crippen LogP contribution in [0.15, 0.2) is 85.1 Å². The Bertz CT molecular complexity index is 1290. The van der Waals surface area contributed by atoms with Crippen molar-refractivity contribution in [2.75, 3.05) is 6.61 Å². The summed E-state index contributed by atoms with van der Waals surface area (Å²) in [5.41, 5.74) is 0. The van der Waals surface area contributed by atoms with Gasteiger partial charge >= 0.3 is 5.97 Å². The summed E-state index contributed by atoms with van der Waals surface area (Å²) in [6.45, 7) is 6.42. The molecule has 0 aliphatic rings. The van der Waals surface area contributed by atoms with Crippen LogP contribution < -0.4 is 5.32 Å². The standard InChI is InChI=1S/C62H109NO5/c1-4-7-10-13-16-19-22-25-28-30-32-34-37-40-43-46-49-52-55-62(67)68-58(53-50-47-44-41-38-35-33-31-29-26-23-20-17-14-11-8-5-2)56-61(66)63-59(57-64)60(65)54-51-48-45-42-39-36-27-24-21-18-15-12-9-6-3/h16-17,19-20,22,25-26,28-30,32-35,58-60,64-65H,4-15,18,21,23-24,27,31,36-57H2,1-3H3,(H,63,66)/b19-16+,20-17-,25-22+,29-26-,30-28+,34-32+,35-33-. The van der Waals surface area contributed by atoms with Crippen molar-refractivity contribution in [3.8, 4) is 0 Å². The molecule has 0 aliphatic heterocycles. The summed E-state index contributed by atoms with van der Waals surface area (Å²) < 4.78 is 5.95. The van der Waals surface area contributed by atoms with Crippen molar-refractivity contribution < 1.29 is 24.5 Å². The normalized spacial score (nSPS) is 13.8. The van der Waals surface area contributed by atoms with E-state index < -0.39 is 18.2 Å². The number of ether oxygens (including phenoxy) is 1. The maximum Gasteiger partial charge on any atom is 0.306 e. The minimum Gasteiger partial charge on any atom is -0.462 e. The molecule has 0 rings (SSSR count). The molecule has 1 amide bonds. The van der Waals surface area contributed by atoms with Crippen molar-refractivity contribution in [1.82, 2.24) is 5.32 Å². The largest absolute Gasteiger partial charge is 0.462 e. The Labute approximate surface area is 421 Å². The van der Waals surface area contributed by atoms with E-state index in [1.807, 2.05) is 0 Å². The van der Waals surface area contributed by atoms with Gasteiger partial charge in [-0.1, -0.05) is 254 Å². The van der Waals surface area contributed by atoms with Crippen LogP contribution in [-0.2, 0) is 14.3 Å². The first-order chi connectivity index (χ1) is 33.5. The van der Waals surface area contributed by atoms with Crippen LogP contribution in [0.1, 0.15) is 271 Å². The minimum atomic E-state index is -0.803. The van der Waals surface area contributed by atoms with Gasteiger partial charge in [-0.2, -0.15) is 0 Å². The summed E-state index contributed by atoms with van der Waals surface area (Å²) in [6.07, 6.45) is 72.0. The number of unbranched alkanes of at least 4 members (excludes halogenated alkanes) is 28. The predicted octanol–water partition coefficient (Wildman–Crippen LogP) is 17.9. The number of carbonyl (C=O) groups excluding carboxylic acids is 2. The Morgan fingerprint density at radius 1 is 0.441 bits per heavy atom. The van der Waals surface area contributed by atoms with Crippen molar-refractivity contribution in [3.05, 3.63) is 85.1 Å². The van der Waals surface area contributed by atoms with Gasteiger partial charge in [-0.25, -0.2) is 0 Å². The van der Waals surface area contributed by atoms with Gasteiger partial charge in [0, 0.05) is 6.42 Å². The van der Waals surface area contributed by atoms with Gasteiger partial charge in [0.2, 0.25) is 5.91 Å². The van der Waals surface area contributed by atoms with Crippen LogP contribution in [0.3, 0.4) is 0 Å². The lowest BCUT2D eigenvalue weighted by molar-refractivity contribution is -0.151. The number of amides is 1. The SMILES string of the molecule is CCCCC/C=C\C/C=C\C/C=C\CCCCCCC(CC(=O)NC(CO)C(O)CCCCCCCCCCCCCCCC)OC(=O)CCCCCCC/C=C/C=C/C=C/C=C/CCCCC. The third-order valence-electron chi connectivity index (χ3n) is 12.8. The van der Waals surface area contributed by atoms with Crippen molar-refractivity contribution in [1.29, 1.82) is 0 Å². The van der Waals surface area contributed by atoms with E-state index in [2.05, 4.69) is 111 Å². The number of aliphatic hydroxyl groups excluding tert-OH is 2. The van der Waals surface area contributed by atoms with E-state index in [1.54, 1.807) is 0 Å². The molecule has 0 heterocycles. The summed E-state index contributed by atoms with van der Waals surface area (Å²) in [7, 11) is 0. The number of rotatable bonds is 51. The Balaban J connectivity index is 4.68. The molecule has 0 saturated heterocycles. The molecule has 3 N–H and O–H groups in total. The maximum atomic E-state index is 13.3. The van der Waals surface area contributed by atoms with E-state index in [4.69, 9.17) is 4.74 Å². The molecule has 6 heteroatoms. The molecule has 0 spiro atoms. The lowest BCUT2D eigenvalue weighted by Gasteiger charge is -2.24. The number of hydrogen-bond acceptors (Lipinski definition) is 5. The van der Waals surface area contributed by atoms with Crippen LogP contribution in [-0.4, -0.2) is 46.9 Å². The third-order valence-corrected chi connectivity index (χ3v) is 12.8. The number of nitrogens with one attached hydrogen (secondary N) is 1. The second-order valence-corrected chi connectivity index (χ2v) is 19.4. The highest BCUT2D eigenvalue weighted by Crippen LogP contribution is 2.18. The first-order valence-electron chi connectivity index (χ1n) is 28.9. The average Bonchev–Trinajstić information content (AvgIpc) is 3.33. The van der Waals surface area contributed by atoms with Crippen LogP contribution in [0.2, 0.25) is 0 Å². The van der Waals surface area contributed by atoms with Gasteiger partial charge < -0.3 is 20.3 Å². The van der Waals surface area contributed by atoms with Crippen molar-refractivity contribution in [2.45, 2.75) is 289 Å². The Morgan fingerprint density at radius 3 is 1.29 bits per heavy atom. The molecule has 0 radical (unpaired) electrons. The zero-order valence-electron chi connectivity index (χ0n) is 44.7. The zero-order chi connectivity index (χ0) is 49.5. The van der Waals surface area contributed by atoms with E-state index in [1.165, 1.54) is 116 Å². The summed E-state index contributed by atoms with van der Waals surface area (Å²) in [5, 5.41) is 23.9. The van der Waals surface area contributed by atoms with E-state index in [0.29, 0.717) is 19.3 Å². The Hall–Kier alpha value is -2.96. The Kier molecular flexibility index (Phi) is 52.6. The molecule has 3 unspecified atom stereocenters. The second-order valence-electron chi connectivity index (χ2n) is 19.4. The highest BCUT2D eigenvalue weighted by Gasteiger charge is 2.24. The smallest absolute Gasteiger partial charge is 0.306 e. The molecular formula is C62H109NO5. The van der Waals surface area contributed by atoms with Gasteiger partial charge in [0.1, 0.15) is 6.10 Å². The second kappa shape index (κ2) is 55.0. The fourth-order valence-corrected chi connectivity index (χ4v) is 8.39. The molecule has 0 aromatic heterocycles. The van der Waals surface area contributed by atoms with Gasteiger partial charge in [0.15, 0.2) is 0 Å². The number of hydrogen-bond donors (Lipinski definition) is 3. The summed E-state index contributed by atoms with van der Waals surface area (Å²) in [5.74, 6) is -0.521. The van der Waals surface area contributed by atoms with Crippen LogP contribution in [0.4, 0.5) is 0 Å². The number of allylic oxidation sites excluding steroid dienone is 14. The molecule has 392 valence electrons. The first kappa shape index (κ1) is 65.0. The molecule has 0 aromatic rings. The molecule has 0 bridgehead atoms. The van der Waals surface area contributed by atoms with Crippen molar-refractivity contribution >= 4 is 11.9 Å². The molecular weight excluding hydrogens is 839 g/mol. The molecule has 0 saturated carbocycles. The van der Waals surface area contributed by atoms with Crippen LogP contribution >= 0.6 is 0 Å². The molecule has 68 heavy (non-hydrogen) atoms. The van der Waals surface area contributed by atoms with Crippen molar-refractivity contribution in [3.63, 3.8) is 0 Å².